The van der Waals surface area contributed by atoms with Crippen molar-refractivity contribution < 1.29 is 104 Å². The monoisotopic (exact) mass is 534 g/mol. The van der Waals surface area contributed by atoms with Crippen LogP contribution in [0.5, 0.6) is 0 Å². The van der Waals surface area contributed by atoms with E-state index in [0.717, 1.165) is 0 Å². The molecule has 0 saturated carbocycles. The number of hydrogen-bond acceptors (Lipinski definition) is 8. The van der Waals surface area contributed by atoms with Crippen LogP contribution in [0.1, 0.15) is 0 Å². The van der Waals surface area contributed by atoms with Crippen LogP contribution in [-0.2, 0) is 75.7 Å². The third kappa shape index (κ3) is 9240. The molecule has 0 rings (SSSR count). The average molecular weight is 534 g/mol. The Morgan fingerprint density at radius 2 is 0.348 bits per heavy atom. The van der Waals surface area contributed by atoms with Crippen LogP contribution in [0.3, 0.4) is 0 Å². The van der Waals surface area contributed by atoms with Crippen LogP contribution in [0, 0.1) is 0 Å². The van der Waals surface area contributed by atoms with Gasteiger partial charge in [0.05, 0.1) is 0 Å². The molecule has 150 valence electrons. The summed E-state index contributed by atoms with van der Waals surface area (Å²) in [7, 11) is -18.7. The maximum absolute atomic E-state index is 8.74. The summed E-state index contributed by atoms with van der Waals surface area (Å²) in [6.45, 7) is 0. The Hall–Kier alpha value is 1.05. The molecular weight excluding hydrogens is 523 g/mol. The van der Waals surface area contributed by atoms with Crippen LogP contribution >= 0.6 is 0 Å². The third-order valence-electron chi connectivity index (χ3n) is 0. The molecule has 0 aromatic heterocycles. The van der Waals surface area contributed by atoms with E-state index in [4.69, 9.17) is 70.1 Å². The van der Waals surface area contributed by atoms with E-state index in [1.54, 1.807) is 0 Å². The van der Waals surface area contributed by atoms with Gasteiger partial charge >= 0.3 is 41.6 Å². The maximum Gasteiger partial charge on any atom is 0.394 e. The van der Waals surface area contributed by atoms with Gasteiger partial charge in [0, 0.05) is 34.1 Å². The van der Waals surface area contributed by atoms with Gasteiger partial charge in [0.15, 0.2) is 17.4 Å². The van der Waals surface area contributed by atoms with Gasteiger partial charge in [-0.15, -0.1) is 0 Å². The van der Waals surface area contributed by atoms with Gasteiger partial charge < -0.3 is 0 Å². The van der Waals surface area contributed by atoms with Crippen LogP contribution in [0.2, 0.25) is 0 Å². The Morgan fingerprint density at radius 3 is 0.348 bits per heavy atom. The van der Waals surface area contributed by atoms with E-state index in [2.05, 4.69) is 0 Å². The molecule has 0 spiro atoms. The topological polar surface area (TPSA) is 298 Å². The molecule has 0 saturated heterocycles. The van der Waals surface area contributed by atoms with Crippen molar-refractivity contribution in [1.29, 1.82) is 0 Å². The minimum absolute atomic E-state index is 0. The molecule has 0 heterocycles. The Bertz CT molecular complexity index is 483. The molecule has 0 fully saturated rings. The number of rotatable bonds is 0. The van der Waals surface area contributed by atoms with E-state index >= 15 is 0 Å². The second-order valence-corrected chi connectivity index (χ2v) is 5.37. The fourth-order valence-corrected chi connectivity index (χ4v) is 0. The van der Waals surface area contributed by atoms with Crippen LogP contribution < -0.4 is 0 Å². The predicted octanol–water partition coefficient (Wildman–Crippen LogP) is -3.80. The minimum atomic E-state index is -4.67. The quantitative estimate of drug-likeness (QED) is 0.109. The molecular formula is H11AlFe2O16S4. The summed E-state index contributed by atoms with van der Waals surface area (Å²) >= 11 is 0. The summed E-state index contributed by atoms with van der Waals surface area (Å²) in [5.41, 5.74) is 0. The summed E-state index contributed by atoms with van der Waals surface area (Å²) in [6.07, 6.45) is 0. The Labute approximate surface area is 162 Å². The average Bonchev–Trinajstić information content (AvgIpc) is 1.62. The second-order valence-electron chi connectivity index (χ2n) is 1.79. The van der Waals surface area contributed by atoms with Gasteiger partial charge in [-0.1, -0.05) is 0 Å². The van der Waals surface area contributed by atoms with Crippen LogP contribution in [-0.4, -0.2) is 87.5 Å². The number of hydrogen-bond donors (Lipinski definition) is 8. The van der Waals surface area contributed by atoms with E-state index in [-0.39, 0.29) is 51.5 Å². The van der Waals surface area contributed by atoms with Gasteiger partial charge in [-0.05, 0) is 0 Å². The summed E-state index contributed by atoms with van der Waals surface area (Å²) in [5, 5.41) is 0. The molecule has 23 heavy (non-hydrogen) atoms. The molecule has 0 atom stereocenters. The normalized spacial score (nSPS) is 10.1. The molecule has 0 aliphatic carbocycles. The molecule has 0 unspecified atom stereocenters. The molecule has 0 bridgehead atoms. The third-order valence-corrected chi connectivity index (χ3v) is 0. The van der Waals surface area contributed by atoms with Gasteiger partial charge in [-0.3, -0.25) is 36.4 Å². The fraction of sp³-hybridized carbons (Fsp3) is 0. The van der Waals surface area contributed by atoms with Crippen LogP contribution in [0.15, 0.2) is 0 Å². The SMILES string of the molecule is O=S(=O)(O)O.O=S(=O)(O)O.O=S(=O)(O)O.O=S(=O)(O)O.[AlH3].[Fe].[Fe]. The van der Waals surface area contributed by atoms with Crippen LogP contribution in [0.4, 0.5) is 0 Å². The molecule has 23 heteroatoms. The van der Waals surface area contributed by atoms with Crippen molar-refractivity contribution in [3.05, 3.63) is 0 Å². The largest absolute Gasteiger partial charge is 0.394 e. The summed E-state index contributed by atoms with van der Waals surface area (Å²) < 4.78 is 126. The zero-order valence-electron chi connectivity index (χ0n) is 9.18. The van der Waals surface area contributed by atoms with Gasteiger partial charge in [-0.25, -0.2) is 0 Å². The van der Waals surface area contributed by atoms with Crippen molar-refractivity contribution >= 4 is 59.0 Å². The zero-order chi connectivity index (χ0) is 18.0. The van der Waals surface area contributed by atoms with E-state index < -0.39 is 41.6 Å². The standard InChI is InChI=1S/Al.2Fe.4H2O4S.3H/c;;;4*1-5(2,3)4;;;/h;;;4*(H2,1,2,3,4);;;. The van der Waals surface area contributed by atoms with Gasteiger partial charge in [0.25, 0.3) is 0 Å². The first-order chi connectivity index (χ1) is 8.00. The van der Waals surface area contributed by atoms with E-state index in [9.17, 15) is 0 Å². The second kappa shape index (κ2) is 17.9. The first-order valence-corrected chi connectivity index (χ1v) is 8.38. The molecule has 16 nitrogen and oxygen atoms in total. The first kappa shape index (κ1) is 44.0. The summed E-state index contributed by atoms with van der Waals surface area (Å²) in [5.74, 6) is 0. The van der Waals surface area contributed by atoms with Gasteiger partial charge in [0.1, 0.15) is 0 Å². The Balaban J connectivity index is -0.0000000284. The summed E-state index contributed by atoms with van der Waals surface area (Å²) in [6, 6.07) is 0. The molecule has 0 aromatic rings. The molecule has 0 amide bonds. The van der Waals surface area contributed by atoms with Crippen molar-refractivity contribution in [2.75, 3.05) is 0 Å². The van der Waals surface area contributed by atoms with Gasteiger partial charge in [0.2, 0.25) is 0 Å². The molecule has 0 aliphatic rings. The predicted molar refractivity (Wildman–Crippen MR) is 66.6 cm³/mol. The molecule has 0 aliphatic heterocycles. The van der Waals surface area contributed by atoms with E-state index in [1.807, 2.05) is 0 Å². The summed E-state index contributed by atoms with van der Waals surface area (Å²) in [4.78, 5) is 0. The maximum atomic E-state index is 8.74. The smallest absolute Gasteiger partial charge is 0.264 e. The molecule has 0 aromatic carbocycles. The van der Waals surface area contributed by atoms with Crippen molar-refractivity contribution in [2.24, 2.45) is 0 Å². The zero-order valence-corrected chi connectivity index (χ0v) is 14.7. The Kier molecular flexibility index (Phi) is 34.1. The van der Waals surface area contributed by atoms with Crippen molar-refractivity contribution in [2.45, 2.75) is 0 Å². The van der Waals surface area contributed by atoms with Crippen molar-refractivity contribution in [3.8, 4) is 0 Å². The van der Waals surface area contributed by atoms with E-state index in [0.29, 0.717) is 0 Å². The minimum Gasteiger partial charge on any atom is -0.264 e. The van der Waals surface area contributed by atoms with Crippen LogP contribution in [0.25, 0.3) is 0 Å². The van der Waals surface area contributed by atoms with Crippen molar-refractivity contribution in [3.63, 3.8) is 0 Å². The first-order valence-electron chi connectivity index (χ1n) is 2.79. The molecule has 0 radical (unpaired) electrons. The van der Waals surface area contributed by atoms with E-state index in [1.165, 1.54) is 0 Å². The fourth-order valence-electron chi connectivity index (χ4n) is 0. The molecule has 8 N–H and O–H groups in total. The van der Waals surface area contributed by atoms with Gasteiger partial charge in [-0.2, -0.15) is 33.7 Å². The Morgan fingerprint density at radius 1 is 0.348 bits per heavy atom. The van der Waals surface area contributed by atoms with Crippen molar-refractivity contribution in [1.82, 2.24) is 0 Å².